The molecule has 0 unspecified atom stereocenters. The first-order chi connectivity index (χ1) is 6.81. The molecule has 0 N–H and O–H groups in total. The summed E-state index contributed by atoms with van der Waals surface area (Å²) in [5.41, 5.74) is 3.93. The molecule has 2 rings (SSSR count). The molecule has 14 heavy (non-hydrogen) atoms. The van der Waals surface area contributed by atoms with E-state index in [1.807, 2.05) is 6.08 Å². The number of aryl methyl sites for hydroxylation is 1. The van der Waals surface area contributed by atoms with Crippen LogP contribution in [0.25, 0.3) is 6.08 Å². The van der Waals surface area contributed by atoms with Gasteiger partial charge in [-0.25, -0.2) is 0 Å². The largest absolute Gasteiger partial charge is 0.372 e. The number of benzene rings is 1. The minimum Gasteiger partial charge on any atom is -0.372 e. The first kappa shape index (κ1) is 9.32. The number of rotatable bonds is 2. The maximum absolute atomic E-state index is 3.81. The van der Waals surface area contributed by atoms with E-state index in [2.05, 4.69) is 36.6 Å². The van der Waals surface area contributed by atoms with Crippen LogP contribution in [0.4, 0.5) is 5.69 Å². The topological polar surface area (TPSA) is 3.24 Å². The van der Waals surface area contributed by atoms with Crippen molar-refractivity contribution in [2.24, 2.45) is 0 Å². The molecule has 1 nitrogen and oxygen atoms in total. The second-order valence-electron chi connectivity index (χ2n) is 3.94. The van der Waals surface area contributed by atoms with Gasteiger partial charge < -0.3 is 4.90 Å². The summed E-state index contributed by atoms with van der Waals surface area (Å²) in [6, 6.07) is 6.63. The van der Waals surface area contributed by atoms with Crippen molar-refractivity contribution in [2.75, 3.05) is 18.0 Å². The van der Waals surface area contributed by atoms with Gasteiger partial charge in [-0.2, -0.15) is 0 Å². The van der Waals surface area contributed by atoms with Crippen LogP contribution in [0.2, 0.25) is 0 Å². The summed E-state index contributed by atoms with van der Waals surface area (Å²) >= 11 is 0. The van der Waals surface area contributed by atoms with E-state index in [4.69, 9.17) is 0 Å². The van der Waals surface area contributed by atoms with E-state index < -0.39 is 0 Å². The van der Waals surface area contributed by atoms with Crippen molar-refractivity contribution in [3.63, 3.8) is 0 Å². The lowest BCUT2D eigenvalue weighted by atomic mass is 10.1. The van der Waals surface area contributed by atoms with Gasteiger partial charge >= 0.3 is 0 Å². The molecule has 1 aromatic rings. The molecule has 0 spiro atoms. The van der Waals surface area contributed by atoms with Crippen LogP contribution >= 0.6 is 0 Å². The van der Waals surface area contributed by atoms with Crippen LogP contribution in [0, 0.1) is 6.92 Å². The molecule has 1 aromatic carbocycles. The lowest BCUT2D eigenvalue weighted by Gasteiger charge is -2.18. The summed E-state index contributed by atoms with van der Waals surface area (Å²) in [5.74, 6) is 0. The second kappa shape index (κ2) is 3.87. The fourth-order valence-electron chi connectivity index (χ4n) is 2.06. The summed E-state index contributed by atoms with van der Waals surface area (Å²) in [7, 11) is 0. The average molecular weight is 187 g/mol. The van der Waals surface area contributed by atoms with Gasteiger partial charge in [-0.15, -0.1) is 0 Å². The van der Waals surface area contributed by atoms with Gasteiger partial charge in [-0.3, -0.25) is 0 Å². The van der Waals surface area contributed by atoms with Gasteiger partial charge in [0.2, 0.25) is 0 Å². The minimum atomic E-state index is 1.22. The highest BCUT2D eigenvalue weighted by atomic mass is 15.1. The third-order valence-electron chi connectivity index (χ3n) is 2.94. The van der Waals surface area contributed by atoms with Gasteiger partial charge in [0.1, 0.15) is 0 Å². The van der Waals surface area contributed by atoms with Crippen molar-refractivity contribution in [2.45, 2.75) is 19.8 Å². The van der Waals surface area contributed by atoms with Crippen LogP contribution in [0.1, 0.15) is 24.0 Å². The highest BCUT2D eigenvalue weighted by Gasteiger charge is 2.12. The van der Waals surface area contributed by atoms with Gasteiger partial charge in [0.05, 0.1) is 0 Å². The molecular weight excluding hydrogens is 170 g/mol. The highest BCUT2D eigenvalue weighted by molar-refractivity contribution is 5.59. The van der Waals surface area contributed by atoms with Gasteiger partial charge in [-0.05, 0) is 43.0 Å². The third-order valence-corrected chi connectivity index (χ3v) is 2.94. The van der Waals surface area contributed by atoms with E-state index in [0.717, 1.165) is 0 Å². The summed E-state index contributed by atoms with van der Waals surface area (Å²) in [4.78, 5) is 2.46. The monoisotopic (exact) mass is 187 g/mol. The first-order valence-electron chi connectivity index (χ1n) is 5.29. The fraction of sp³-hybridized carbons (Fsp3) is 0.385. The van der Waals surface area contributed by atoms with Crippen molar-refractivity contribution < 1.29 is 0 Å². The highest BCUT2D eigenvalue weighted by Crippen LogP contribution is 2.23. The van der Waals surface area contributed by atoms with Gasteiger partial charge in [0, 0.05) is 18.8 Å². The average Bonchev–Trinajstić information content (AvgIpc) is 2.70. The molecule has 0 bridgehead atoms. The number of anilines is 1. The zero-order valence-corrected chi connectivity index (χ0v) is 8.79. The van der Waals surface area contributed by atoms with Crippen molar-refractivity contribution in [3.05, 3.63) is 35.9 Å². The molecule has 1 heterocycles. The van der Waals surface area contributed by atoms with E-state index in [1.165, 1.54) is 42.7 Å². The maximum atomic E-state index is 3.81. The smallest absolute Gasteiger partial charge is 0.0369 e. The zero-order chi connectivity index (χ0) is 9.97. The number of nitrogens with zero attached hydrogens (tertiary/aromatic N) is 1. The lowest BCUT2D eigenvalue weighted by Crippen LogP contribution is -2.17. The quantitative estimate of drug-likeness (QED) is 0.687. The van der Waals surface area contributed by atoms with E-state index in [-0.39, 0.29) is 0 Å². The van der Waals surface area contributed by atoms with Crippen LogP contribution in [-0.4, -0.2) is 13.1 Å². The molecule has 0 aliphatic carbocycles. The van der Waals surface area contributed by atoms with Crippen molar-refractivity contribution in [1.29, 1.82) is 0 Å². The predicted molar refractivity (Wildman–Crippen MR) is 62.7 cm³/mol. The van der Waals surface area contributed by atoms with Crippen molar-refractivity contribution >= 4 is 11.8 Å². The molecule has 1 aliphatic heterocycles. The standard InChI is InChI=1S/C13H17N/c1-3-12-6-7-13(10-11(12)2)14-8-4-5-9-14/h3,6-7,10H,1,4-5,8-9H2,2H3. The second-order valence-corrected chi connectivity index (χ2v) is 3.94. The van der Waals surface area contributed by atoms with Crippen molar-refractivity contribution in [1.82, 2.24) is 0 Å². The van der Waals surface area contributed by atoms with Crippen molar-refractivity contribution in [3.8, 4) is 0 Å². The molecule has 1 heteroatoms. The van der Waals surface area contributed by atoms with Gasteiger partial charge in [0.25, 0.3) is 0 Å². The predicted octanol–water partition coefficient (Wildman–Crippen LogP) is 3.24. The summed E-state index contributed by atoms with van der Waals surface area (Å²) < 4.78 is 0. The molecule has 1 aliphatic rings. The Balaban J connectivity index is 2.27. The SMILES string of the molecule is C=Cc1ccc(N2CCCC2)cc1C. The fourth-order valence-corrected chi connectivity index (χ4v) is 2.06. The first-order valence-corrected chi connectivity index (χ1v) is 5.29. The van der Waals surface area contributed by atoms with E-state index in [0.29, 0.717) is 0 Å². The Labute approximate surface area is 86.1 Å². The Bertz CT molecular complexity index is 335. The Kier molecular flexibility index (Phi) is 2.58. The third kappa shape index (κ3) is 1.67. The van der Waals surface area contributed by atoms with E-state index in [9.17, 15) is 0 Å². The summed E-state index contributed by atoms with van der Waals surface area (Å²) in [6.07, 6.45) is 4.59. The Hall–Kier alpha value is -1.24. The molecule has 0 saturated carbocycles. The molecule has 0 radical (unpaired) electrons. The summed E-state index contributed by atoms with van der Waals surface area (Å²) in [6.45, 7) is 8.39. The van der Waals surface area contributed by atoms with Gasteiger partial charge in [0.15, 0.2) is 0 Å². The molecule has 1 fully saturated rings. The van der Waals surface area contributed by atoms with Crippen LogP contribution < -0.4 is 4.90 Å². The van der Waals surface area contributed by atoms with Gasteiger partial charge in [-0.1, -0.05) is 18.7 Å². The molecular formula is C13H17N. The molecule has 0 amide bonds. The van der Waals surface area contributed by atoms with E-state index >= 15 is 0 Å². The zero-order valence-electron chi connectivity index (χ0n) is 8.79. The summed E-state index contributed by atoms with van der Waals surface area (Å²) in [5, 5.41) is 0. The van der Waals surface area contributed by atoms with Crippen LogP contribution in [0.3, 0.4) is 0 Å². The maximum Gasteiger partial charge on any atom is 0.0369 e. The van der Waals surface area contributed by atoms with E-state index in [1.54, 1.807) is 0 Å². The number of hydrogen-bond donors (Lipinski definition) is 0. The number of hydrogen-bond acceptors (Lipinski definition) is 1. The lowest BCUT2D eigenvalue weighted by molar-refractivity contribution is 0.949. The molecule has 74 valence electrons. The Morgan fingerprint density at radius 2 is 2.00 bits per heavy atom. The van der Waals surface area contributed by atoms with Crippen LogP contribution in [-0.2, 0) is 0 Å². The molecule has 0 aromatic heterocycles. The Morgan fingerprint density at radius 1 is 1.29 bits per heavy atom. The normalized spacial score (nSPS) is 15.9. The minimum absolute atomic E-state index is 1.22. The molecule has 1 saturated heterocycles. The van der Waals surface area contributed by atoms with Crippen LogP contribution in [0.5, 0.6) is 0 Å². The van der Waals surface area contributed by atoms with Crippen LogP contribution in [0.15, 0.2) is 24.8 Å². The Morgan fingerprint density at radius 3 is 2.57 bits per heavy atom. The molecule has 0 atom stereocenters.